The van der Waals surface area contributed by atoms with Gasteiger partial charge in [-0.05, 0) is 37.6 Å². The van der Waals surface area contributed by atoms with Gasteiger partial charge in [-0.1, -0.05) is 30.3 Å². The predicted molar refractivity (Wildman–Crippen MR) is 108 cm³/mol. The molecule has 0 N–H and O–H groups in total. The van der Waals surface area contributed by atoms with Gasteiger partial charge in [0, 0.05) is 18.5 Å². The molecule has 0 unspecified atom stereocenters. The second-order valence-corrected chi connectivity index (χ2v) is 6.51. The first-order valence-electron chi connectivity index (χ1n) is 9.32. The van der Waals surface area contributed by atoms with E-state index < -0.39 is 0 Å². The summed E-state index contributed by atoms with van der Waals surface area (Å²) in [6.45, 7) is 5.44. The number of carbonyl (C=O) groups excluding carboxylic acids is 1. The average molecular weight is 374 g/mol. The molecule has 0 aliphatic heterocycles. The Bertz CT molecular complexity index is 1090. The number of nitrogens with zero attached hydrogens (tertiary/aromatic N) is 4. The van der Waals surface area contributed by atoms with Crippen LogP contribution >= 0.6 is 0 Å². The normalized spacial score (nSPS) is 10.6. The van der Waals surface area contributed by atoms with E-state index >= 15 is 0 Å². The summed E-state index contributed by atoms with van der Waals surface area (Å²) in [6.07, 6.45) is 0.149. The van der Waals surface area contributed by atoms with Crippen LogP contribution in [0.1, 0.15) is 30.7 Å². The van der Waals surface area contributed by atoms with E-state index in [2.05, 4.69) is 11.2 Å². The Balaban J connectivity index is 2.03. The first kappa shape index (κ1) is 19.3. The van der Waals surface area contributed by atoms with Crippen LogP contribution in [0.4, 0.5) is 0 Å². The van der Waals surface area contributed by atoms with Crippen LogP contribution in [0.5, 0.6) is 0 Å². The molecule has 0 atom stereocenters. The monoisotopic (exact) mass is 374 g/mol. The molecule has 0 bridgehead atoms. The first-order valence-corrected chi connectivity index (χ1v) is 9.32. The van der Waals surface area contributed by atoms with E-state index in [1.54, 1.807) is 23.1 Å². The highest BCUT2D eigenvalue weighted by Gasteiger charge is 2.16. The number of carbonyl (C=O) groups is 1. The molecule has 0 spiro atoms. The molecular weight excluding hydrogens is 352 g/mol. The molecule has 0 aliphatic carbocycles. The van der Waals surface area contributed by atoms with E-state index in [-0.39, 0.29) is 24.4 Å². The zero-order valence-corrected chi connectivity index (χ0v) is 16.1. The minimum absolute atomic E-state index is 0.00812. The van der Waals surface area contributed by atoms with Gasteiger partial charge in [-0.15, -0.1) is 0 Å². The van der Waals surface area contributed by atoms with Crippen molar-refractivity contribution in [2.45, 2.75) is 26.8 Å². The highest BCUT2D eigenvalue weighted by molar-refractivity contribution is 5.88. The molecule has 3 rings (SSSR count). The Morgan fingerprint density at radius 3 is 2.32 bits per heavy atom. The fraction of sp³-hybridized carbons (Fsp3) is 0.273. The molecule has 142 valence electrons. The molecule has 2 aromatic carbocycles. The second kappa shape index (κ2) is 8.49. The summed E-state index contributed by atoms with van der Waals surface area (Å²) in [4.78, 5) is 27.3. The van der Waals surface area contributed by atoms with Crippen LogP contribution in [0.2, 0.25) is 0 Å². The Morgan fingerprint density at radius 1 is 1.07 bits per heavy atom. The molecule has 1 amide bonds. The number of nitriles is 1. The van der Waals surface area contributed by atoms with E-state index in [0.717, 1.165) is 5.56 Å². The summed E-state index contributed by atoms with van der Waals surface area (Å²) in [7, 11) is 0. The molecule has 3 aromatic rings. The lowest BCUT2D eigenvalue weighted by Crippen LogP contribution is -2.33. The van der Waals surface area contributed by atoms with Crippen molar-refractivity contribution in [1.29, 1.82) is 5.26 Å². The minimum atomic E-state index is -0.195. The summed E-state index contributed by atoms with van der Waals surface area (Å²) in [5.74, 6) is -0.00812. The number of benzene rings is 2. The van der Waals surface area contributed by atoms with E-state index in [1.165, 1.54) is 4.68 Å². The van der Waals surface area contributed by atoms with E-state index in [1.807, 2.05) is 44.2 Å². The summed E-state index contributed by atoms with van der Waals surface area (Å²) in [5.41, 5.74) is 1.83. The molecule has 0 aliphatic rings. The summed E-state index contributed by atoms with van der Waals surface area (Å²) >= 11 is 0. The molecule has 28 heavy (non-hydrogen) atoms. The molecule has 0 fully saturated rings. The predicted octanol–water partition coefficient (Wildman–Crippen LogP) is 2.73. The smallest absolute Gasteiger partial charge is 0.274 e. The largest absolute Gasteiger partial charge is 0.343 e. The fourth-order valence-corrected chi connectivity index (χ4v) is 3.23. The van der Waals surface area contributed by atoms with Crippen LogP contribution in [-0.2, 0) is 17.8 Å². The third-order valence-electron chi connectivity index (χ3n) is 4.79. The standard InChI is InChI=1S/C22H22N4O2/c1-3-25(4-2)21(27)13-20-18-7-5-6-8-19(18)22(28)26(24-20)15-17-11-9-16(14-23)10-12-17/h5-12H,3-4,13,15H2,1-2H3. The number of amides is 1. The lowest BCUT2D eigenvalue weighted by Gasteiger charge is -2.19. The number of fused-ring (bicyclic) bond motifs is 1. The van der Waals surface area contributed by atoms with E-state index in [4.69, 9.17) is 5.26 Å². The van der Waals surface area contributed by atoms with Crippen molar-refractivity contribution >= 4 is 16.7 Å². The maximum absolute atomic E-state index is 12.9. The van der Waals surface area contributed by atoms with Gasteiger partial charge in [0.15, 0.2) is 0 Å². The maximum Gasteiger partial charge on any atom is 0.274 e. The number of hydrogen-bond acceptors (Lipinski definition) is 4. The first-order chi connectivity index (χ1) is 13.6. The third kappa shape index (κ3) is 3.94. The number of aromatic nitrogens is 2. The average Bonchev–Trinajstić information content (AvgIpc) is 2.73. The fourth-order valence-electron chi connectivity index (χ4n) is 3.23. The molecule has 0 saturated heterocycles. The molecule has 1 heterocycles. The SMILES string of the molecule is CCN(CC)C(=O)Cc1nn(Cc2ccc(C#N)cc2)c(=O)c2ccccc12. The van der Waals surface area contributed by atoms with Crippen molar-refractivity contribution in [3.63, 3.8) is 0 Å². The lowest BCUT2D eigenvalue weighted by atomic mass is 10.1. The van der Waals surface area contributed by atoms with Crippen molar-refractivity contribution < 1.29 is 4.79 Å². The Hall–Kier alpha value is -3.46. The van der Waals surface area contributed by atoms with E-state index in [9.17, 15) is 9.59 Å². The Kier molecular flexibility index (Phi) is 5.85. The van der Waals surface area contributed by atoms with Crippen molar-refractivity contribution in [2.75, 3.05) is 13.1 Å². The molecule has 6 heteroatoms. The van der Waals surface area contributed by atoms with E-state index in [0.29, 0.717) is 35.1 Å². The van der Waals surface area contributed by atoms with Gasteiger partial charge >= 0.3 is 0 Å². The summed E-state index contributed by atoms with van der Waals surface area (Å²) in [5, 5.41) is 14.7. The van der Waals surface area contributed by atoms with Crippen LogP contribution in [0, 0.1) is 11.3 Å². The van der Waals surface area contributed by atoms with Crippen LogP contribution in [0.15, 0.2) is 53.3 Å². The van der Waals surface area contributed by atoms with Crippen LogP contribution in [-0.4, -0.2) is 33.7 Å². The number of rotatable bonds is 6. The number of likely N-dealkylation sites (N-methyl/N-ethyl adjacent to an activating group) is 1. The minimum Gasteiger partial charge on any atom is -0.343 e. The van der Waals surface area contributed by atoms with Gasteiger partial charge in [-0.3, -0.25) is 9.59 Å². The number of hydrogen-bond donors (Lipinski definition) is 0. The molecule has 0 radical (unpaired) electrons. The highest BCUT2D eigenvalue weighted by Crippen LogP contribution is 2.15. The zero-order valence-electron chi connectivity index (χ0n) is 16.1. The summed E-state index contributed by atoms with van der Waals surface area (Å²) < 4.78 is 1.40. The van der Waals surface area contributed by atoms with Crippen LogP contribution in [0.3, 0.4) is 0 Å². The van der Waals surface area contributed by atoms with Gasteiger partial charge in [-0.2, -0.15) is 10.4 Å². The molecule has 0 saturated carbocycles. The van der Waals surface area contributed by atoms with Crippen LogP contribution < -0.4 is 5.56 Å². The van der Waals surface area contributed by atoms with Gasteiger partial charge in [0.05, 0.1) is 35.7 Å². The van der Waals surface area contributed by atoms with Crippen molar-refractivity contribution in [3.8, 4) is 6.07 Å². The van der Waals surface area contributed by atoms with Crippen molar-refractivity contribution in [3.05, 3.63) is 75.7 Å². The lowest BCUT2D eigenvalue weighted by molar-refractivity contribution is -0.130. The quantitative estimate of drug-likeness (QED) is 0.664. The topological polar surface area (TPSA) is 79.0 Å². The second-order valence-electron chi connectivity index (χ2n) is 6.51. The van der Waals surface area contributed by atoms with Crippen molar-refractivity contribution in [1.82, 2.24) is 14.7 Å². The molecule has 6 nitrogen and oxygen atoms in total. The zero-order chi connectivity index (χ0) is 20.1. The van der Waals surface area contributed by atoms with Gasteiger partial charge in [0.2, 0.25) is 5.91 Å². The summed E-state index contributed by atoms with van der Waals surface area (Å²) in [6, 6.07) is 16.4. The third-order valence-corrected chi connectivity index (χ3v) is 4.79. The highest BCUT2D eigenvalue weighted by atomic mass is 16.2. The van der Waals surface area contributed by atoms with Crippen LogP contribution in [0.25, 0.3) is 10.8 Å². The van der Waals surface area contributed by atoms with Gasteiger partial charge in [0.1, 0.15) is 0 Å². The van der Waals surface area contributed by atoms with Gasteiger partial charge in [0.25, 0.3) is 5.56 Å². The Morgan fingerprint density at radius 2 is 1.71 bits per heavy atom. The Labute approximate surface area is 163 Å². The molecule has 1 aromatic heterocycles. The maximum atomic E-state index is 12.9. The van der Waals surface area contributed by atoms with Gasteiger partial charge in [-0.25, -0.2) is 4.68 Å². The van der Waals surface area contributed by atoms with Gasteiger partial charge < -0.3 is 4.90 Å². The van der Waals surface area contributed by atoms with Crippen molar-refractivity contribution in [2.24, 2.45) is 0 Å². The molecular formula is C22H22N4O2.